The lowest BCUT2D eigenvalue weighted by molar-refractivity contribution is 0.309. The first kappa shape index (κ1) is 19.0. The Morgan fingerprint density at radius 1 is 0.967 bits per heavy atom. The lowest BCUT2D eigenvalue weighted by Gasteiger charge is -2.17. The Labute approximate surface area is 177 Å². The number of hydrogen-bond donors (Lipinski definition) is 1. The molecule has 0 unspecified atom stereocenters. The molecule has 4 aromatic rings. The lowest BCUT2D eigenvalue weighted by Crippen LogP contribution is -2.28. The summed E-state index contributed by atoms with van der Waals surface area (Å²) in [5, 5.41) is 12.7. The van der Waals surface area contributed by atoms with Crippen LogP contribution in [0.1, 0.15) is 12.0 Å². The van der Waals surface area contributed by atoms with Crippen LogP contribution < -0.4 is 5.32 Å². The zero-order chi connectivity index (χ0) is 20.2. The van der Waals surface area contributed by atoms with E-state index in [0.717, 1.165) is 37.8 Å². The van der Waals surface area contributed by atoms with Crippen molar-refractivity contribution >= 4 is 10.9 Å². The van der Waals surface area contributed by atoms with Crippen LogP contribution in [0.3, 0.4) is 0 Å². The molecule has 5 rings (SSSR count). The summed E-state index contributed by atoms with van der Waals surface area (Å²) in [4.78, 5) is 2.60. The monoisotopic (exact) mass is 400 g/mol. The molecule has 6 nitrogen and oxygen atoms in total. The van der Waals surface area contributed by atoms with Crippen LogP contribution in [0.15, 0.2) is 73.4 Å². The predicted octanol–water partition coefficient (Wildman–Crippen LogP) is 3.33. The molecule has 1 saturated heterocycles. The Balaban J connectivity index is 1.12. The van der Waals surface area contributed by atoms with E-state index in [1.807, 2.05) is 4.57 Å². The van der Waals surface area contributed by atoms with E-state index in [1.54, 1.807) is 12.7 Å². The Morgan fingerprint density at radius 3 is 2.70 bits per heavy atom. The van der Waals surface area contributed by atoms with Gasteiger partial charge in [-0.15, -0.1) is 10.2 Å². The molecule has 0 spiro atoms. The molecule has 30 heavy (non-hydrogen) atoms. The molecule has 1 atom stereocenters. The Hall–Kier alpha value is -2.96. The van der Waals surface area contributed by atoms with Gasteiger partial charge in [-0.3, -0.25) is 4.57 Å². The topological polar surface area (TPSA) is 50.9 Å². The van der Waals surface area contributed by atoms with Crippen molar-refractivity contribution in [2.45, 2.75) is 19.5 Å². The van der Waals surface area contributed by atoms with Crippen molar-refractivity contribution in [2.24, 2.45) is 5.92 Å². The van der Waals surface area contributed by atoms with E-state index in [0.29, 0.717) is 0 Å². The molecular weight excluding hydrogens is 372 g/mol. The van der Waals surface area contributed by atoms with Crippen LogP contribution in [-0.2, 0) is 13.1 Å². The fourth-order valence-electron chi connectivity index (χ4n) is 4.43. The van der Waals surface area contributed by atoms with Crippen molar-refractivity contribution in [1.82, 2.24) is 29.5 Å². The van der Waals surface area contributed by atoms with Crippen molar-refractivity contribution in [2.75, 3.05) is 26.2 Å². The largest absolute Gasteiger partial charge is 0.346 e. The van der Waals surface area contributed by atoms with Crippen LogP contribution in [0.2, 0.25) is 0 Å². The van der Waals surface area contributed by atoms with Crippen molar-refractivity contribution in [1.29, 1.82) is 0 Å². The first-order valence-electron chi connectivity index (χ1n) is 10.8. The molecule has 1 fully saturated rings. The number of hydrogen-bond acceptors (Lipinski definition) is 4. The maximum atomic E-state index is 3.90. The van der Waals surface area contributed by atoms with Gasteiger partial charge in [0.15, 0.2) is 0 Å². The van der Waals surface area contributed by atoms with E-state index in [2.05, 4.69) is 85.8 Å². The lowest BCUT2D eigenvalue weighted by atomic mass is 10.1. The van der Waals surface area contributed by atoms with Gasteiger partial charge in [-0.05, 0) is 55.3 Å². The van der Waals surface area contributed by atoms with Crippen LogP contribution in [0.4, 0.5) is 0 Å². The summed E-state index contributed by atoms with van der Waals surface area (Å²) in [7, 11) is 0. The first-order chi connectivity index (χ1) is 14.8. The van der Waals surface area contributed by atoms with E-state index in [9.17, 15) is 0 Å². The highest BCUT2D eigenvalue weighted by Gasteiger charge is 2.21. The number of likely N-dealkylation sites (tertiary alicyclic amines) is 1. The van der Waals surface area contributed by atoms with Crippen LogP contribution in [0, 0.1) is 5.92 Å². The highest BCUT2D eigenvalue weighted by Crippen LogP contribution is 2.21. The molecule has 1 N–H and O–H groups in total. The summed E-state index contributed by atoms with van der Waals surface area (Å²) in [5.41, 5.74) is 3.74. The zero-order valence-electron chi connectivity index (χ0n) is 17.2. The second kappa shape index (κ2) is 8.81. The Kier molecular flexibility index (Phi) is 5.59. The highest BCUT2D eigenvalue weighted by atomic mass is 15.2. The summed E-state index contributed by atoms with van der Waals surface area (Å²) in [5.74, 6) is 0.751. The molecule has 3 heterocycles. The Bertz CT molecular complexity index is 1070. The number of nitrogens with one attached hydrogen (secondary N) is 1. The molecule has 6 heteroatoms. The number of nitrogens with zero attached hydrogens (tertiary/aromatic N) is 5. The molecule has 0 amide bonds. The smallest absolute Gasteiger partial charge is 0.123 e. The number of fused-ring (bicyclic) bond motifs is 1. The van der Waals surface area contributed by atoms with Crippen LogP contribution in [-0.4, -0.2) is 50.4 Å². The summed E-state index contributed by atoms with van der Waals surface area (Å²) in [6.07, 6.45) is 6.96. The van der Waals surface area contributed by atoms with Gasteiger partial charge in [-0.2, -0.15) is 0 Å². The molecule has 2 aromatic carbocycles. The van der Waals surface area contributed by atoms with Crippen LogP contribution >= 0.6 is 0 Å². The normalized spacial score (nSPS) is 17.1. The third-order valence-corrected chi connectivity index (χ3v) is 6.10. The molecule has 2 aromatic heterocycles. The van der Waals surface area contributed by atoms with E-state index < -0.39 is 0 Å². The van der Waals surface area contributed by atoms with Crippen molar-refractivity contribution in [3.05, 3.63) is 79.0 Å². The maximum Gasteiger partial charge on any atom is 0.123 e. The van der Waals surface area contributed by atoms with Gasteiger partial charge in [0.1, 0.15) is 12.7 Å². The van der Waals surface area contributed by atoms with E-state index in [4.69, 9.17) is 0 Å². The molecule has 1 aliphatic heterocycles. The first-order valence-corrected chi connectivity index (χ1v) is 10.8. The second-order valence-electron chi connectivity index (χ2n) is 8.19. The van der Waals surface area contributed by atoms with Crippen molar-refractivity contribution < 1.29 is 0 Å². The Morgan fingerprint density at radius 2 is 1.83 bits per heavy atom. The number of aromatic nitrogens is 4. The predicted molar refractivity (Wildman–Crippen MR) is 120 cm³/mol. The summed E-state index contributed by atoms with van der Waals surface area (Å²) in [6.45, 7) is 6.59. The van der Waals surface area contributed by atoms with Crippen molar-refractivity contribution in [3.63, 3.8) is 0 Å². The minimum atomic E-state index is 0.751. The van der Waals surface area contributed by atoms with Gasteiger partial charge in [0.25, 0.3) is 0 Å². The molecular formula is C24H28N6. The summed E-state index contributed by atoms with van der Waals surface area (Å²) >= 11 is 0. The number of benzene rings is 2. The molecule has 0 radical (unpaired) electrons. The summed E-state index contributed by atoms with van der Waals surface area (Å²) in [6, 6.07) is 19.4. The minimum Gasteiger partial charge on any atom is -0.346 e. The average Bonchev–Trinajstić information content (AvgIpc) is 3.54. The fraction of sp³-hybridized carbons (Fsp3) is 0.333. The van der Waals surface area contributed by atoms with E-state index in [1.165, 1.54) is 36.0 Å². The maximum absolute atomic E-state index is 3.90. The molecule has 0 saturated carbocycles. The quantitative estimate of drug-likeness (QED) is 0.493. The third kappa shape index (κ3) is 4.30. The van der Waals surface area contributed by atoms with Gasteiger partial charge in [0, 0.05) is 49.0 Å². The van der Waals surface area contributed by atoms with Gasteiger partial charge in [-0.1, -0.05) is 30.3 Å². The standard InChI is InChI=1S/C24H28N6/c1-2-4-20(5-3-1)15-25-16-21-8-10-28(17-21)12-13-29-11-9-22-14-23(6-7-24(22)29)30-18-26-27-19-30/h1-7,9,11,14,18-19,21,25H,8,10,12-13,15-17H2/t21-/m1/s1. The van der Waals surface area contributed by atoms with Gasteiger partial charge in [0.05, 0.1) is 0 Å². The average molecular weight is 401 g/mol. The molecule has 0 bridgehead atoms. The van der Waals surface area contributed by atoms with Crippen molar-refractivity contribution in [3.8, 4) is 5.69 Å². The van der Waals surface area contributed by atoms with E-state index >= 15 is 0 Å². The van der Waals surface area contributed by atoms with Crippen LogP contribution in [0.5, 0.6) is 0 Å². The van der Waals surface area contributed by atoms with Gasteiger partial charge in [0.2, 0.25) is 0 Å². The van der Waals surface area contributed by atoms with Gasteiger partial charge >= 0.3 is 0 Å². The molecule has 0 aliphatic carbocycles. The highest BCUT2D eigenvalue weighted by molar-refractivity contribution is 5.82. The second-order valence-corrected chi connectivity index (χ2v) is 8.19. The molecule has 1 aliphatic rings. The van der Waals surface area contributed by atoms with Gasteiger partial charge in [-0.25, -0.2) is 0 Å². The zero-order valence-corrected chi connectivity index (χ0v) is 17.2. The minimum absolute atomic E-state index is 0.751. The number of rotatable bonds is 8. The van der Waals surface area contributed by atoms with E-state index in [-0.39, 0.29) is 0 Å². The SMILES string of the molecule is c1ccc(CNC[C@H]2CCN(CCn3ccc4cc(-n5cnnc5)ccc43)C2)cc1. The van der Waals surface area contributed by atoms with Gasteiger partial charge < -0.3 is 14.8 Å². The molecule has 154 valence electrons. The summed E-state index contributed by atoms with van der Waals surface area (Å²) < 4.78 is 4.30. The van der Waals surface area contributed by atoms with Crippen LogP contribution in [0.25, 0.3) is 16.6 Å². The fourth-order valence-corrected chi connectivity index (χ4v) is 4.43. The third-order valence-electron chi connectivity index (χ3n) is 6.10.